The van der Waals surface area contributed by atoms with Crippen molar-refractivity contribution in [3.8, 4) is 0 Å². The van der Waals surface area contributed by atoms with Crippen LogP contribution in [-0.2, 0) is 26.1 Å². The maximum absolute atomic E-state index is 13.0. The number of hydrogen-bond acceptors (Lipinski definition) is 5. The number of aromatic nitrogens is 2. The van der Waals surface area contributed by atoms with E-state index in [0.717, 1.165) is 6.42 Å². The highest BCUT2D eigenvalue weighted by Crippen LogP contribution is 2.32. The van der Waals surface area contributed by atoms with E-state index in [1.165, 1.54) is 10.5 Å². The largest absolute Gasteiger partial charge is 0.372 e. The van der Waals surface area contributed by atoms with Crippen molar-refractivity contribution in [1.82, 2.24) is 19.0 Å². The van der Waals surface area contributed by atoms with Gasteiger partial charge in [-0.15, -0.1) is 0 Å². The normalized spacial score (nSPS) is 21.2. The third-order valence-corrected chi connectivity index (χ3v) is 7.04. The number of carbonyl (C=O) groups excluding carboxylic acids is 1. The Balaban J connectivity index is 1.70. The Morgan fingerprint density at radius 1 is 1.27 bits per heavy atom. The van der Waals surface area contributed by atoms with Gasteiger partial charge in [-0.1, -0.05) is 13.8 Å². The minimum absolute atomic E-state index is 0.142. The van der Waals surface area contributed by atoms with Crippen LogP contribution in [0.3, 0.4) is 0 Å². The first-order valence-corrected chi connectivity index (χ1v) is 10.8. The summed E-state index contributed by atoms with van der Waals surface area (Å²) in [6.07, 6.45) is 5.75. The van der Waals surface area contributed by atoms with E-state index < -0.39 is 15.6 Å². The fourth-order valence-corrected chi connectivity index (χ4v) is 5.14. The molecular weight excluding hydrogens is 356 g/mol. The average Bonchev–Trinajstić information content (AvgIpc) is 3.12. The molecule has 0 unspecified atom stereocenters. The van der Waals surface area contributed by atoms with Gasteiger partial charge in [0.15, 0.2) is 0 Å². The molecule has 2 aliphatic rings. The lowest BCUT2D eigenvalue weighted by molar-refractivity contribution is -0.144. The molecule has 2 saturated heterocycles. The lowest BCUT2D eigenvalue weighted by Crippen LogP contribution is -2.58. The summed E-state index contributed by atoms with van der Waals surface area (Å²) in [7, 11) is -3.58. The maximum Gasteiger partial charge on any atom is 0.246 e. The summed E-state index contributed by atoms with van der Waals surface area (Å²) in [6.45, 7) is 6.88. The van der Waals surface area contributed by atoms with Gasteiger partial charge in [0, 0.05) is 45.3 Å². The van der Waals surface area contributed by atoms with E-state index in [1.807, 2.05) is 18.7 Å². The lowest BCUT2D eigenvalue weighted by Gasteiger charge is -2.46. The van der Waals surface area contributed by atoms with Crippen LogP contribution in [0.25, 0.3) is 0 Å². The van der Waals surface area contributed by atoms with Crippen LogP contribution >= 0.6 is 0 Å². The van der Waals surface area contributed by atoms with Crippen LogP contribution in [0.4, 0.5) is 0 Å². The number of aryl methyl sites for hydroxylation is 1. The first-order valence-electron chi connectivity index (χ1n) is 9.34. The molecule has 2 aliphatic heterocycles. The van der Waals surface area contributed by atoms with Crippen molar-refractivity contribution in [1.29, 1.82) is 0 Å². The lowest BCUT2D eigenvalue weighted by atomic mass is 9.90. The molecule has 1 aromatic rings. The Hall–Kier alpha value is -1.45. The zero-order valence-corrected chi connectivity index (χ0v) is 16.4. The predicted octanol–water partition coefficient (Wildman–Crippen LogP) is 1.09. The Kier molecular flexibility index (Phi) is 5.69. The van der Waals surface area contributed by atoms with Gasteiger partial charge in [0.1, 0.15) is 4.90 Å². The van der Waals surface area contributed by atoms with Crippen LogP contribution in [0.5, 0.6) is 0 Å². The SMILES string of the molecule is CCCn1cc(S(=O)(=O)N2CCOC3(CCN(C(=O)CC)CC3)C2)cn1. The highest BCUT2D eigenvalue weighted by atomic mass is 32.2. The second-order valence-corrected chi connectivity index (χ2v) is 8.98. The summed E-state index contributed by atoms with van der Waals surface area (Å²) in [4.78, 5) is 14.0. The molecular formula is C17H28N4O4S. The number of hydrogen-bond donors (Lipinski definition) is 0. The molecule has 8 nitrogen and oxygen atoms in total. The van der Waals surface area contributed by atoms with E-state index >= 15 is 0 Å². The first-order chi connectivity index (χ1) is 12.4. The van der Waals surface area contributed by atoms with Gasteiger partial charge in [0.2, 0.25) is 15.9 Å². The Bertz CT molecular complexity index is 738. The second kappa shape index (κ2) is 7.66. The monoisotopic (exact) mass is 384 g/mol. The molecule has 3 rings (SSSR count). The van der Waals surface area contributed by atoms with Crippen molar-refractivity contribution in [3.05, 3.63) is 12.4 Å². The first kappa shape index (κ1) is 19.3. The Morgan fingerprint density at radius 3 is 2.65 bits per heavy atom. The zero-order valence-electron chi connectivity index (χ0n) is 15.6. The molecule has 0 aromatic carbocycles. The van der Waals surface area contributed by atoms with Crippen LogP contribution < -0.4 is 0 Å². The molecule has 146 valence electrons. The fraction of sp³-hybridized carbons (Fsp3) is 0.765. The number of nitrogens with zero attached hydrogens (tertiary/aromatic N) is 4. The van der Waals surface area contributed by atoms with E-state index in [0.29, 0.717) is 58.6 Å². The third-order valence-electron chi connectivity index (χ3n) is 5.24. The standard InChI is InChI=1S/C17H28N4O4S/c1-3-7-20-13-15(12-18-20)26(23,24)21-10-11-25-17(14-21)5-8-19(9-6-17)16(22)4-2/h12-13H,3-11,14H2,1-2H3. The minimum Gasteiger partial charge on any atom is -0.372 e. The molecule has 0 N–H and O–H groups in total. The van der Waals surface area contributed by atoms with E-state index in [2.05, 4.69) is 5.10 Å². The van der Waals surface area contributed by atoms with E-state index in [4.69, 9.17) is 4.74 Å². The topological polar surface area (TPSA) is 84.7 Å². The van der Waals surface area contributed by atoms with E-state index in [-0.39, 0.29) is 10.8 Å². The number of rotatable bonds is 5. The summed E-state index contributed by atoms with van der Waals surface area (Å²) in [6, 6.07) is 0. The Labute approximate surface area is 155 Å². The smallest absolute Gasteiger partial charge is 0.246 e. The van der Waals surface area contributed by atoms with Gasteiger partial charge in [0.25, 0.3) is 0 Å². The molecule has 1 spiro atoms. The number of likely N-dealkylation sites (tertiary alicyclic amines) is 1. The van der Waals surface area contributed by atoms with E-state index in [9.17, 15) is 13.2 Å². The molecule has 2 fully saturated rings. The molecule has 9 heteroatoms. The molecule has 26 heavy (non-hydrogen) atoms. The molecule has 0 bridgehead atoms. The van der Waals surface area contributed by atoms with Crippen molar-refractivity contribution < 1.29 is 17.9 Å². The number of amides is 1. The van der Waals surface area contributed by atoms with E-state index in [1.54, 1.807) is 10.9 Å². The van der Waals surface area contributed by atoms with Crippen molar-refractivity contribution in [3.63, 3.8) is 0 Å². The minimum atomic E-state index is -3.58. The van der Waals surface area contributed by atoms with Gasteiger partial charge in [-0.05, 0) is 19.3 Å². The summed E-state index contributed by atoms with van der Waals surface area (Å²) >= 11 is 0. The van der Waals surface area contributed by atoms with Gasteiger partial charge in [-0.25, -0.2) is 8.42 Å². The van der Waals surface area contributed by atoms with Crippen LogP contribution in [0, 0.1) is 0 Å². The maximum atomic E-state index is 13.0. The number of sulfonamides is 1. The van der Waals surface area contributed by atoms with Gasteiger partial charge in [-0.3, -0.25) is 9.48 Å². The highest BCUT2D eigenvalue weighted by Gasteiger charge is 2.43. The van der Waals surface area contributed by atoms with Crippen LogP contribution in [-0.4, -0.2) is 71.7 Å². The van der Waals surface area contributed by atoms with Gasteiger partial charge >= 0.3 is 0 Å². The number of carbonyl (C=O) groups is 1. The number of ether oxygens (including phenoxy) is 1. The number of morpholine rings is 1. The summed E-state index contributed by atoms with van der Waals surface area (Å²) < 4.78 is 35.2. The van der Waals surface area contributed by atoms with Gasteiger partial charge < -0.3 is 9.64 Å². The van der Waals surface area contributed by atoms with Crippen LogP contribution in [0.2, 0.25) is 0 Å². The van der Waals surface area contributed by atoms with Gasteiger partial charge in [-0.2, -0.15) is 9.40 Å². The molecule has 0 radical (unpaired) electrons. The van der Waals surface area contributed by atoms with Crippen molar-refractivity contribution >= 4 is 15.9 Å². The van der Waals surface area contributed by atoms with Crippen molar-refractivity contribution in [2.45, 2.75) is 56.6 Å². The van der Waals surface area contributed by atoms with Crippen molar-refractivity contribution in [2.75, 3.05) is 32.8 Å². The van der Waals surface area contributed by atoms with Crippen LogP contribution in [0.1, 0.15) is 39.5 Å². The number of piperidine rings is 1. The molecule has 1 amide bonds. The summed E-state index contributed by atoms with van der Waals surface area (Å²) in [5.74, 6) is 0.142. The quantitative estimate of drug-likeness (QED) is 0.759. The summed E-state index contributed by atoms with van der Waals surface area (Å²) in [5.41, 5.74) is -0.491. The Morgan fingerprint density at radius 2 is 2.00 bits per heavy atom. The summed E-state index contributed by atoms with van der Waals surface area (Å²) in [5, 5.41) is 4.15. The van der Waals surface area contributed by atoms with Crippen molar-refractivity contribution in [2.24, 2.45) is 0 Å². The molecule has 1 aromatic heterocycles. The average molecular weight is 385 g/mol. The molecule has 3 heterocycles. The zero-order chi connectivity index (χ0) is 18.8. The molecule has 0 aliphatic carbocycles. The third kappa shape index (κ3) is 3.79. The van der Waals surface area contributed by atoms with Crippen LogP contribution in [0.15, 0.2) is 17.3 Å². The fourth-order valence-electron chi connectivity index (χ4n) is 3.68. The second-order valence-electron chi connectivity index (χ2n) is 7.04. The molecule has 0 atom stereocenters. The van der Waals surface area contributed by atoms with Gasteiger partial charge in [0.05, 0.1) is 18.4 Å². The predicted molar refractivity (Wildman–Crippen MR) is 96.1 cm³/mol. The highest BCUT2D eigenvalue weighted by molar-refractivity contribution is 7.89. The molecule has 0 saturated carbocycles.